The maximum absolute atomic E-state index is 12.8. The lowest BCUT2D eigenvalue weighted by molar-refractivity contribution is -0.132. The number of carbonyl (C=O) groups is 1. The number of nitrogens with zero attached hydrogens (tertiary/aromatic N) is 3. The van der Waals surface area contributed by atoms with E-state index in [1.807, 2.05) is 29.2 Å². The molecule has 7 nitrogen and oxygen atoms in total. The molecule has 3 aromatic rings. The molecule has 0 spiro atoms. The minimum Gasteiger partial charge on any atom is -0.338 e. The van der Waals surface area contributed by atoms with Gasteiger partial charge in [-0.05, 0) is 25.0 Å². The van der Waals surface area contributed by atoms with Gasteiger partial charge in [0.15, 0.2) is 0 Å². The van der Waals surface area contributed by atoms with Gasteiger partial charge in [-0.25, -0.2) is 4.79 Å². The third-order valence-corrected chi connectivity index (χ3v) is 6.04. The van der Waals surface area contributed by atoms with Gasteiger partial charge in [-0.15, -0.1) is 0 Å². The second-order valence-electron chi connectivity index (χ2n) is 7.61. The number of aromatic nitrogens is 4. The van der Waals surface area contributed by atoms with Crippen molar-refractivity contribution in [3.8, 4) is 0 Å². The lowest BCUT2D eigenvalue weighted by atomic mass is 9.81. The first-order valence-electron chi connectivity index (χ1n) is 9.72. The molecule has 0 unspecified atom stereocenters. The van der Waals surface area contributed by atoms with E-state index in [0.717, 1.165) is 17.5 Å². The van der Waals surface area contributed by atoms with Crippen molar-refractivity contribution in [2.45, 2.75) is 51.1 Å². The van der Waals surface area contributed by atoms with E-state index in [-0.39, 0.29) is 11.6 Å². The summed E-state index contributed by atoms with van der Waals surface area (Å²) in [6, 6.07) is 7.58. The Morgan fingerprint density at radius 3 is 2.93 bits per heavy atom. The van der Waals surface area contributed by atoms with Crippen LogP contribution in [0.15, 0.2) is 29.1 Å². The Morgan fingerprint density at radius 1 is 1.26 bits per heavy atom. The molecule has 1 aromatic carbocycles. The highest BCUT2D eigenvalue weighted by Crippen LogP contribution is 2.38. The van der Waals surface area contributed by atoms with Gasteiger partial charge in [0.2, 0.25) is 5.91 Å². The summed E-state index contributed by atoms with van der Waals surface area (Å²) in [7, 11) is 0. The fourth-order valence-electron chi connectivity index (χ4n) is 4.24. The van der Waals surface area contributed by atoms with Crippen molar-refractivity contribution in [3.63, 3.8) is 0 Å². The third kappa shape index (κ3) is 2.78. The van der Waals surface area contributed by atoms with Gasteiger partial charge in [-0.1, -0.05) is 18.6 Å². The lowest BCUT2D eigenvalue weighted by Crippen LogP contribution is -2.37. The van der Waals surface area contributed by atoms with Crippen LogP contribution < -0.4 is 5.69 Å². The molecular formula is C20H23N5O2. The van der Waals surface area contributed by atoms with Crippen molar-refractivity contribution in [3.05, 3.63) is 51.7 Å². The number of fused-ring (bicyclic) bond motifs is 2. The predicted octanol–water partition coefficient (Wildman–Crippen LogP) is 2.30. The number of aromatic amines is 2. The van der Waals surface area contributed by atoms with E-state index in [2.05, 4.69) is 15.2 Å². The molecule has 2 aromatic heterocycles. The molecule has 0 bridgehead atoms. The molecule has 1 saturated carbocycles. The van der Waals surface area contributed by atoms with Gasteiger partial charge in [0.05, 0.1) is 16.7 Å². The molecule has 140 valence electrons. The van der Waals surface area contributed by atoms with Crippen LogP contribution in [0.25, 0.3) is 11.0 Å². The number of hydrogen-bond donors (Lipinski definition) is 2. The Balaban J connectivity index is 1.30. The van der Waals surface area contributed by atoms with Crippen molar-refractivity contribution < 1.29 is 4.79 Å². The fourth-order valence-corrected chi connectivity index (χ4v) is 4.24. The zero-order valence-corrected chi connectivity index (χ0v) is 15.2. The Labute approximate surface area is 156 Å². The molecule has 3 heterocycles. The Morgan fingerprint density at radius 2 is 2.11 bits per heavy atom. The Bertz CT molecular complexity index is 1060. The molecule has 2 N–H and O–H groups in total. The molecule has 2 aliphatic rings. The highest BCUT2D eigenvalue weighted by Gasteiger charge is 2.30. The number of H-pyrrole nitrogens is 2. The third-order valence-electron chi connectivity index (χ3n) is 6.04. The van der Waals surface area contributed by atoms with Crippen molar-refractivity contribution in [1.82, 2.24) is 24.6 Å². The van der Waals surface area contributed by atoms with Gasteiger partial charge in [0, 0.05) is 49.7 Å². The van der Waals surface area contributed by atoms with Gasteiger partial charge in [0.1, 0.15) is 0 Å². The van der Waals surface area contributed by atoms with Crippen LogP contribution in [0.2, 0.25) is 0 Å². The lowest BCUT2D eigenvalue weighted by Gasteiger charge is -2.30. The average molecular weight is 365 g/mol. The van der Waals surface area contributed by atoms with E-state index in [4.69, 9.17) is 0 Å². The number of hydrogen-bond acceptors (Lipinski definition) is 3. The van der Waals surface area contributed by atoms with Gasteiger partial charge in [-0.3, -0.25) is 14.5 Å². The molecule has 7 heteroatoms. The smallest absolute Gasteiger partial charge is 0.326 e. The molecular weight excluding hydrogens is 342 g/mol. The van der Waals surface area contributed by atoms with E-state index >= 15 is 0 Å². The molecule has 0 atom stereocenters. The summed E-state index contributed by atoms with van der Waals surface area (Å²) in [5.41, 5.74) is 5.07. The maximum Gasteiger partial charge on any atom is 0.326 e. The molecule has 0 radical (unpaired) electrons. The van der Waals surface area contributed by atoms with Crippen LogP contribution in [0.5, 0.6) is 0 Å². The number of carbonyl (C=O) groups excluding carboxylic acids is 1. The fraction of sp³-hybridized carbons (Fsp3) is 0.450. The summed E-state index contributed by atoms with van der Waals surface area (Å²) < 4.78 is 1.65. The minimum atomic E-state index is -0.160. The number of para-hydroxylation sites is 2. The molecule has 1 fully saturated rings. The summed E-state index contributed by atoms with van der Waals surface area (Å²) in [5.74, 6) is 0.656. The summed E-state index contributed by atoms with van der Waals surface area (Å²) in [6.45, 7) is 1.74. The molecule has 5 rings (SSSR count). The standard InChI is InChI=1S/C20H23N5O2/c26-18(9-11-25-17-7-2-1-6-16(17)21-20(25)27)24-10-8-15-14(12-24)19(23-22-15)13-4-3-5-13/h1-2,6-7,13H,3-5,8-12H2,(H,21,27)(H,22,23). The van der Waals surface area contributed by atoms with Gasteiger partial charge in [0.25, 0.3) is 0 Å². The molecule has 1 aliphatic carbocycles. The maximum atomic E-state index is 12.8. The Hall–Kier alpha value is -2.83. The van der Waals surface area contributed by atoms with Crippen molar-refractivity contribution >= 4 is 16.9 Å². The summed E-state index contributed by atoms with van der Waals surface area (Å²) >= 11 is 0. The van der Waals surface area contributed by atoms with Crippen LogP contribution in [0.1, 0.15) is 48.6 Å². The van der Waals surface area contributed by atoms with E-state index in [1.165, 1.54) is 36.2 Å². The average Bonchev–Trinajstić information content (AvgIpc) is 3.18. The summed E-state index contributed by atoms with van der Waals surface area (Å²) in [5, 5.41) is 7.71. The van der Waals surface area contributed by atoms with Crippen LogP contribution in [0.4, 0.5) is 0 Å². The van der Waals surface area contributed by atoms with Crippen LogP contribution in [0, 0.1) is 0 Å². The van der Waals surface area contributed by atoms with E-state index in [0.29, 0.717) is 32.0 Å². The molecule has 1 amide bonds. The molecule has 0 saturated heterocycles. The first kappa shape index (κ1) is 16.4. The van der Waals surface area contributed by atoms with E-state index < -0.39 is 0 Å². The predicted molar refractivity (Wildman–Crippen MR) is 101 cm³/mol. The highest BCUT2D eigenvalue weighted by atomic mass is 16.2. The normalized spacial score (nSPS) is 17.1. The van der Waals surface area contributed by atoms with Crippen molar-refractivity contribution in [1.29, 1.82) is 0 Å². The Kier molecular flexibility index (Phi) is 3.88. The monoisotopic (exact) mass is 365 g/mol. The summed E-state index contributed by atoms with van der Waals surface area (Å²) in [6.07, 6.45) is 4.83. The van der Waals surface area contributed by atoms with E-state index in [1.54, 1.807) is 4.57 Å². The number of aryl methyl sites for hydroxylation is 1. The topological polar surface area (TPSA) is 86.8 Å². The van der Waals surface area contributed by atoms with Crippen molar-refractivity contribution in [2.75, 3.05) is 6.54 Å². The highest BCUT2D eigenvalue weighted by molar-refractivity contribution is 5.78. The van der Waals surface area contributed by atoms with Gasteiger partial charge >= 0.3 is 5.69 Å². The largest absolute Gasteiger partial charge is 0.338 e. The quantitative estimate of drug-likeness (QED) is 0.744. The van der Waals surface area contributed by atoms with Gasteiger partial charge < -0.3 is 9.88 Å². The minimum absolute atomic E-state index is 0.0959. The first-order chi connectivity index (χ1) is 13.2. The summed E-state index contributed by atoms with van der Waals surface area (Å²) in [4.78, 5) is 29.8. The number of nitrogens with one attached hydrogen (secondary N) is 2. The molecule has 27 heavy (non-hydrogen) atoms. The zero-order chi connectivity index (χ0) is 18.4. The molecule has 1 aliphatic heterocycles. The second-order valence-corrected chi connectivity index (χ2v) is 7.61. The van der Waals surface area contributed by atoms with Crippen LogP contribution >= 0.6 is 0 Å². The van der Waals surface area contributed by atoms with Crippen molar-refractivity contribution in [2.24, 2.45) is 0 Å². The zero-order valence-electron chi connectivity index (χ0n) is 15.2. The number of rotatable bonds is 4. The SMILES string of the molecule is O=C(CCn1c(=O)[nH]c2ccccc21)N1CCc2[nH]nc(C3CCC3)c2C1. The second kappa shape index (κ2) is 6.40. The van der Waals surface area contributed by atoms with Crippen LogP contribution in [-0.4, -0.2) is 37.1 Å². The van der Waals surface area contributed by atoms with Crippen LogP contribution in [-0.2, 0) is 24.3 Å². The number of benzene rings is 1. The van der Waals surface area contributed by atoms with Gasteiger partial charge in [-0.2, -0.15) is 5.10 Å². The number of amides is 1. The first-order valence-corrected chi connectivity index (χ1v) is 9.72. The van der Waals surface area contributed by atoms with E-state index in [9.17, 15) is 9.59 Å². The number of imidazole rings is 1. The van der Waals surface area contributed by atoms with Crippen LogP contribution in [0.3, 0.4) is 0 Å².